The van der Waals surface area contributed by atoms with E-state index in [0.717, 1.165) is 25.4 Å². The van der Waals surface area contributed by atoms with Crippen molar-refractivity contribution in [2.45, 2.75) is 44.8 Å². The predicted molar refractivity (Wildman–Crippen MR) is 72.1 cm³/mol. The van der Waals surface area contributed by atoms with Gasteiger partial charge in [-0.25, -0.2) is 4.98 Å². The first-order valence-corrected chi connectivity index (χ1v) is 7.16. The van der Waals surface area contributed by atoms with Gasteiger partial charge in [0.05, 0.1) is 6.61 Å². The summed E-state index contributed by atoms with van der Waals surface area (Å²) in [5, 5.41) is 0. The minimum Gasteiger partial charge on any atom is -0.368 e. The SMILES string of the molecule is Cc1cc(=O)[nH]c(C2CN(C3CCCC3)CCO2)n1. The molecule has 19 heavy (non-hydrogen) atoms. The monoisotopic (exact) mass is 263 g/mol. The van der Waals surface area contributed by atoms with Crippen molar-refractivity contribution in [3.63, 3.8) is 0 Å². The highest BCUT2D eigenvalue weighted by Gasteiger charge is 2.30. The van der Waals surface area contributed by atoms with Gasteiger partial charge < -0.3 is 9.72 Å². The van der Waals surface area contributed by atoms with Gasteiger partial charge in [0.25, 0.3) is 5.56 Å². The number of morpholine rings is 1. The standard InChI is InChI=1S/C14H21N3O2/c1-10-8-13(18)16-14(15-10)12-9-17(6-7-19-12)11-4-2-3-5-11/h8,11-12H,2-7,9H2,1H3,(H,15,16,18). The summed E-state index contributed by atoms with van der Waals surface area (Å²) < 4.78 is 5.79. The predicted octanol–water partition coefficient (Wildman–Crippen LogP) is 1.39. The molecule has 2 aliphatic rings. The Morgan fingerprint density at radius 3 is 2.95 bits per heavy atom. The Bertz CT molecular complexity index is 494. The third-order valence-electron chi connectivity index (χ3n) is 4.13. The summed E-state index contributed by atoms with van der Waals surface area (Å²) in [6.07, 6.45) is 5.18. The first-order valence-electron chi connectivity index (χ1n) is 7.16. The second-order valence-corrected chi connectivity index (χ2v) is 5.56. The lowest BCUT2D eigenvalue weighted by molar-refractivity contribution is -0.0481. The summed E-state index contributed by atoms with van der Waals surface area (Å²) in [6, 6.07) is 2.21. The maximum absolute atomic E-state index is 11.5. The molecule has 1 saturated carbocycles. The van der Waals surface area contributed by atoms with E-state index in [-0.39, 0.29) is 11.7 Å². The van der Waals surface area contributed by atoms with Gasteiger partial charge in [-0.15, -0.1) is 0 Å². The Balaban J connectivity index is 1.75. The van der Waals surface area contributed by atoms with Gasteiger partial charge >= 0.3 is 0 Å². The van der Waals surface area contributed by atoms with E-state index >= 15 is 0 Å². The summed E-state index contributed by atoms with van der Waals surface area (Å²) in [5.41, 5.74) is 0.657. The molecule has 0 amide bonds. The molecule has 0 spiro atoms. The van der Waals surface area contributed by atoms with Gasteiger partial charge in [-0.05, 0) is 19.8 Å². The fourth-order valence-electron chi connectivity index (χ4n) is 3.19. The van der Waals surface area contributed by atoms with Crippen LogP contribution in [0.2, 0.25) is 0 Å². The molecule has 1 aromatic rings. The molecule has 104 valence electrons. The molecule has 3 rings (SSSR count). The van der Waals surface area contributed by atoms with Crippen LogP contribution in [0.5, 0.6) is 0 Å². The number of nitrogens with zero attached hydrogens (tertiary/aromatic N) is 2. The second kappa shape index (κ2) is 5.43. The van der Waals surface area contributed by atoms with Crippen molar-refractivity contribution in [2.75, 3.05) is 19.7 Å². The average molecular weight is 263 g/mol. The molecule has 1 N–H and O–H groups in total. The molecule has 0 bridgehead atoms. The van der Waals surface area contributed by atoms with E-state index in [2.05, 4.69) is 14.9 Å². The molecule has 0 radical (unpaired) electrons. The molecule has 2 heterocycles. The summed E-state index contributed by atoms with van der Waals surface area (Å²) in [5.74, 6) is 0.674. The first-order chi connectivity index (χ1) is 9.22. The van der Waals surface area contributed by atoms with E-state index in [1.807, 2.05) is 6.92 Å². The second-order valence-electron chi connectivity index (χ2n) is 5.56. The van der Waals surface area contributed by atoms with Crippen molar-refractivity contribution in [3.8, 4) is 0 Å². The molecule has 1 aliphatic heterocycles. The smallest absolute Gasteiger partial charge is 0.251 e. The number of aromatic amines is 1. The molecule has 1 aromatic heterocycles. The minimum absolute atomic E-state index is 0.0934. The van der Waals surface area contributed by atoms with Crippen LogP contribution in [0.1, 0.15) is 43.3 Å². The molecule has 2 fully saturated rings. The topological polar surface area (TPSA) is 58.2 Å². The Kier molecular flexibility index (Phi) is 3.66. The number of aromatic nitrogens is 2. The van der Waals surface area contributed by atoms with Crippen molar-refractivity contribution in [2.24, 2.45) is 0 Å². The molecule has 1 unspecified atom stereocenters. The number of nitrogens with one attached hydrogen (secondary N) is 1. The lowest BCUT2D eigenvalue weighted by Crippen LogP contribution is -2.44. The van der Waals surface area contributed by atoms with E-state index < -0.39 is 0 Å². The van der Waals surface area contributed by atoms with Crippen molar-refractivity contribution in [1.82, 2.24) is 14.9 Å². The third kappa shape index (κ3) is 2.87. The zero-order chi connectivity index (χ0) is 13.2. The van der Waals surface area contributed by atoms with E-state index in [9.17, 15) is 4.79 Å². The van der Waals surface area contributed by atoms with Gasteiger partial charge in [-0.1, -0.05) is 12.8 Å². The lowest BCUT2D eigenvalue weighted by Gasteiger charge is -2.36. The molecular formula is C14H21N3O2. The van der Waals surface area contributed by atoms with Crippen LogP contribution in [0.25, 0.3) is 0 Å². The fourth-order valence-corrected chi connectivity index (χ4v) is 3.19. The maximum Gasteiger partial charge on any atom is 0.251 e. The number of H-pyrrole nitrogens is 1. The van der Waals surface area contributed by atoms with Crippen LogP contribution < -0.4 is 5.56 Å². The van der Waals surface area contributed by atoms with Crippen LogP contribution in [-0.2, 0) is 4.74 Å². The summed E-state index contributed by atoms with van der Waals surface area (Å²) in [7, 11) is 0. The van der Waals surface area contributed by atoms with Crippen LogP contribution in [0.15, 0.2) is 10.9 Å². The van der Waals surface area contributed by atoms with Gasteiger partial charge in [0.15, 0.2) is 0 Å². The Hall–Kier alpha value is -1.20. The number of ether oxygens (including phenoxy) is 1. The lowest BCUT2D eigenvalue weighted by atomic mass is 10.1. The van der Waals surface area contributed by atoms with Crippen molar-refractivity contribution in [3.05, 3.63) is 27.9 Å². The van der Waals surface area contributed by atoms with Gasteiger partial charge in [0, 0.05) is 30.9 Å². The molecule has 1 saturated heterocycles. The van der Waals surface area contributed by atoms with Crippen molar-refractivity contribution < 1.29 is 4.74 Å². The van der Waals surface area contributed by atoms with E-state index in [0.29, 0.717) is 11.9 Å². The van der Waals surface area contributed by atoms with Crippen LogP contribution in [0, 0.1) is 6.92 Å². The average Bonchev–Trinajstić information content (AvgIpc) is 2.92. The quantitative estimate of drug-likeness (QED) is 0.876. The minimum atomic E-state index is -0.0954. The van der Waals surface area contributed by atoms with Gasteiger partial charge in [0.2, 0.25) is 0 Å². The molecule has 5 nitrogen and oxygen atoms in total. The van der Waals surface area contributed by atoms with E-state index in [1.165, 1.54) is 31.7 Å². The number of aryl methyl sites for hydroxylation is 1. The van der Waals surface area contributed by atoms with Crippen molar-refractivity contribution in [1.29, 1.82) is 0 Å². The Morgan fingerprint density at radius 1 is 1.42 bits per heavy atom. The number of rotatable bonds is 2. The van der Waals surface area contributed by atoms with Gasteiger partial charge in [0.1, 0.15) is 11.9 Å². The highest BCUT2D eigenvalue weighted by molar-refractivity contribution is 5.03. The van der Waals surface area contributed by atoms with Crippen LogP contribution >= 0.6 is 0 Å². The number of hydrogen-bond acceptors (Lipinski definition) is 4. The molecular weight excluding hydrogens is 242 g/mol. The highest BCUT2D eigenvalue weighted by Crippen LogP contribution is 2.28. The Labute approximate surface area is 113 Å². The Morgan fingerprint density at radius 2 is 2.21 bits per heavy atom. The van der Waals surface area contributed by atoms with E-state index in [4.69, 9.17) is 4.74 Å². The molecule has 1 aliphatic carbocycles. The van der Waals surface area contributed by atoms with Crippen molar-refractivity contribution >= 4 is 0 Å². The maximum atomic E-state index is 11.5. The number of hydrogen-bond donors (Lipinski definition) is 1. The first kappa shape index (κ1) is 12.8. The normalized spacial score (nSPS) is 25.8. The van der Waals surface area contributed by atoms with Crippen LogP contribution in [0.3, 0.4) is 0 Å². The zero-order valence-corrected chi connectivity index (χ0v) is 11.4. The summed E-state index contributed by atoms with van der Waals surface area (Å²) >= 11 is 0. The third-order valence-corrected chi connectivity index (χ3v) is 4.13. The fraction of sp³-hybridized carbons (Fsp3) is 0.714. The largest absolute Gasteiger partial charge is 0.368 e. The molecule has 5 heteroatoms. The van der Waals surface area contributed by atoms with Crippen LogP contribution in [-0.4, -0.2) is 40.6 Å². The molecule has 0 aromatic carbocycles. The summed E-state index contributed by atoms with van der Waals surface area (Å²) in [4.78, 5) is 21.3. The zero-order valence-electron chi connectivity index (χ0n) is 11.4. The van der Waals surface area contributed by atoms with Crippen LogP contribution in [0.4, 0.5) is 0 Å². The molecule has 1 atom stereocenters. The van der Waals surface area contributed by atoms with Gasteiger partial charge in [-0.3, -0.25) is 9.69 Å². The van der Waals surface area contributed by atoms with E-state index in [1.54, 1.807) is 0 Å². The summed E-state index contributed by atoms with van der Waals surface area (Å²) in [6.45, 7) is 4.41. The van der Waals surface area contributed by atoms with Gasteiger partial charge in [-0.2, -0.15) is 0 Å². The highest BCUT2D eigenvalue weighted by atomic mass is 16.5.